The van der Waals surface area contributed by atoms with Crippen molar-refractivity contribution in [2.45, 2.75) is 69.4 Å². The fourth-order valence-corrected chi connectivity index (χ4v) is 6.03. The number of aromatic nitrogens is 1. The second kappa shape index (κ2) is 8.73. The van der Waals surface area contributed by atoms with Crippen molar-refractivity contribution in [1.29, 1.82) is 0 Å². The van der Waals surface area contributed by atoms with Crippen LogP contribution >= 0.6 is 0 Å². The Hall–Kier alpha value is -3.19. The van der Waals surface area contributed by atoms with Crippen LogP contribution in [0.5, 0.6) is 0 Å². The summed E-state index contributed by atoms with van der Waals surface area (Å²) in [4.78, 5) is 32.1. The molecule has 0 saturated carbocycles. The summed E-state index contributed by atoms with van der Waals surface area (Å²) in [5.74, 6) is -0.878. The third-order valence-corrected chi connectivity index (χ3v) is 8.19. The normalized spacial score (nSPS) is 18.8. The molecule has 0 bridgehead atoms. The fraction of sp³-hybridized carbons (Fsp3) is 0.448. The van der Waals surface area contributed by atoms with Gasteiger partial charge in [0, 0.05) is 36.6 Å². The van der Waals surface area contributed by atoms with Gasteiger partial charge in [0.05, 0.1) is 5.54 Å². The Bertz CT molecular complexity index is 1320. The third kappa shape index (κ3) is 4.30. The van der Waals surface area contributed by atoms with Crippen LogP contribution in [-0.2, 0) is 27.8 Å². The molecule has 1 aromatic heterocycles. The number of carbonyl (C=O) groups excluding carboxylic acids is 2. The first-order valence-corrected chi connectivity index (χ1v) is 12.8. The lowest BCUT2D eigenvalue weighted by Gasteiger charge is -2.43. The van der Waals surface area contributed by atoms with E-state index in [0.29, 0.717) is 18.5 Å². The Kier molecular flexibility index (Phi) is 5.94. The zero-order valence-electron chi connectivity index (χ0n) is 21.3. The van der Waals surface area contributed by atoms with Crippen LogP contribution in [0.25, 0.3) is 10.9 Å². The number of H-pyrrole nitrogens is 1. The first kappa shape index (κ1) is 24.5. The van der Waals surface area contributed by atoms with Crippen LogP contribution in [0.1, 0.15) is 56.7 Å². The molecular weight excluding hydrogens is 455 g/mol. The van der Waals surface area contributed by atoms with E-state index in [-0.39, 0.29) is 23.6 Å². The number of carbonyl (C=O) groups is 2. The summed E-state index contributed by atoms with van der Waals surface area (Å²) in [5, 5.41) is 3.67. The standard InChI is InChI=1S/C29H35FN4O2/c1-27(2,31)25(35)33-28(3,17-20-18-32-24-9-8-21(30)16-22(20)24)26(36)34-14-12-29(13-15-34)11-10-19-6-4-5-7-23(19)29/h4-9,16,18,32H,10-15,17,31H2,1-3H3,(H,33,35)/t28-/m1/s1. The van der Waals surface area contributed by atoms with Crippen molar-refractivity contribution in [2.75, 3.05) is 13.1 Å². The molecular formula is C29H35FN4O2. The molecule has 5 rings (SSSR count). The summed E-state index contributed by atoms with van der Waals surface area (Å²) in [6.45, 7) is 6.26. The number of benzene rings is 2. The minimum atomic E-state index is -1.23. The summed E-state index contributed by atoms with van der Waals surface area (Å²) in [7, 11) is 0. The topological polar surface area (TPSA) is 91.2 Å². The zero-order chi connectivity index (χ0) is 25.7. The van der Waals surface area contributed by atoms with Gasteiger partial charge in [-0.2, -0.15) is 0 Å². The minimum Gasteiger partial charge on any atom is -0.361 e. The largest absolute Gasteiger partial charge is 0.361 e. The maximum Gasteiger partial charge on any atom is 0.248 e. The van der Waals surface area contributed by atoms with Crippen molar-refractivity contribution >= 4 is 22.7 Å². The molecule has 3 aromatic rings. The number of nitrogens with two attached hydrogens (primary N) is 1. The van der Waals surface area contributed by atoms with E-state index in [0.717, 1.165) is 36.8 Å². The van der Waals surface area contributed by atoms with E-state index in [2.05, 4.69) is 34.6 Å². The van der Waals surface area contributed by atoms with Gasteiger partial charge in [-0.25, -0.2) is 4.39 Å². The van der Waals surface area contributed by atoms with Gasteiger partial charge in [-0.15, -0.1) is 0 Å². The van der Waals surface area contributed by atoms with E-state index in [1.807, 2.05) is 4.90 Å². The van der Waals surface area contributed by atoms with E-state index in [9.17, 15) is 14.0 Å². The maximum absolute atomic E-state index is 14.0. The number of fused-ring (bicyclic) bond motifs is 3. The van der Waals surface area contributed by atoms with Crippen LogP contribution in [-0.4, -0.2) is 45.9 Å². The van der Waals surface area contributed by atoms with Crippen molar-refractivity contribution < 1.29 is 14.0 Å². The number of likely N-dealkylation sites (tertiary alicyclic amines) is 1. The van der Waals surface area contributed by atoms with Crippen molar-refractivity contribution in [1.82, 2.24) is 15.2 Å². The van der Waals surface area contributed by atoms with Gasteiger partial charge in [-0.3, -0.25) is 9.59 Å². The Labute approximate surface area is 211 Å². The summed E-state index contributed by atoms with van der Waals surface area (Å²) in [5.41, 5.74) is 8.24. The Morgan fingerprint density at radius 2 is 1.83 bits per heavy atom. The molecule has 1 fully saturated rings. The predicted molar refractivity (Wildman–Crippen MR) is 139 cm³/mol. The highest BCUT2D eigenvalue weighted by molar-refractivity contribution is 5.95. The first-order valence-electron chi connectivity index (χ1n) is 12.8. The smallest absolute Gasteiger partial charge is 0.248 e. The zero-order valence-corrected chi connectivity index (χ0v) is 21.3. The quantitative estimate of drug-likeness (QED) is 0.506. The average molecular weight is 491 g/mol. The third-order valence-electron chi connectivity index (χ3n) is 8.19. The molecule has 1 spiro atoms. The van der Waals surface area contributed by atoms with Crippen molar-refractivity contribution in [3.63, 3.8) is 0 Å². The molecule has 1 atom stereocenters. The molecule has 2 aliphatic rings. The van der Waals surface area contributed by atoms with Crippen LogP contribution in [0.3, 0.4) is 0 Å². The van der Waals surface area contributed by atoms with Crippen LogP contribution < -0.4 is 11.1 Å². The van der Waals surface area contributed by atoms with E-state index < -0.39 is 17.0 Å². The van der Waals surface area contributed by atoms with Gasteiger partial charge < -0.3 is 20.9 Å². The van der Waals surface area contributed by atoms with Gasteiger partial charge >= 0.3 is 0 Å². The maximum atomic E-state index is 14.0. The van der Waals surface area contributed by atoms with E-state index in [4.69, 9.17) is 5.73 Å². The monoisotopic (exact) mass is 490 g/mol. The molecule has 0 unspecified atom stereocenters. The van der Waals surface area contributed by atoms with E-state index in [1.54, 1.807) is 33.0 Å². The molecule has 1 aliphatic heterocycles. The Balaban J connectivity index is 1.41. The molecule has 2 aromatic carbocycles. The lowest BCUT2D eigenvalue weighted by atomic mass is 9.73. The van der Waals surface area contributed by atoms with Gasteiger partial charge in [0.2, 0.25) is 11.8 Å². The van der Waals surface area contributed by atoms with Gasteiger partial charge in [-0.05, 0) is 86.8 Å². The SMILES string of the molecule is CC(C)(N)C(=O)N[C@](C)(Cc1c[nH]c2ccc(F)cc12)C(=O)N1CCC2(CCc3ccccc32)CC1. The van der Waals surface area contributed by atoms with Crippen LogP contribution in [0.4, 0.5) is 4.39 Å². The highest BCUT2D eigenvalue weighted by atomic mass is 19.1. The number of hydrogen-bond acceptors (Lipinski definition) is 3. The van der Waals surface area contributed by atoms with Crippen molar-refractivity contribution in [3.05, 3.63) is 71.2 Å². The van der Waals surface area contributed by atoms with Crippen LogP contribution in [0.15, 0.2) is 48.7 Å². The number of aryl methyl sites for hydroxylation is 1. The molecule has 0 radical (unpaired) electrons. The van der Waals surface area contributed by atoms with Gasteiger partial charge in [-0.1, -0.05) is 24.3 Å². The van der Waals surface area contributed by atoms with Crippen molar-refractivity contribution in [2.24, 2.45) is 5.73 Å². The average Bonchev–Trinajstić information content (AvgIpc) is 3.40. The lowest BCUT2D eigenvalue weighted by Crippen LogP contribution is -2.64. The summed E-state index contributed by atoms with van der Waals surface area (Å²) in [6, 6.07) is 13.2. The van der Waals surface area contributed by atoms with Gasteiger partial charge in [0.25, 0.3) is 0 Å². The van der Waals surface area contributed by atoms with Crippen molar-refractivity contribution in [3.8, 4) is 0 Å². The van der Waals surface area contributed by atoms with Crippen LogP contribution in [0, 0.1) is 5.82 Å². The summed E-state index contributed by atoms with van der Waals surface area (Å²) >= 11 is 0. The number of nitrogens with zero attached hydrogens (tertiary/aromatic N) is 1. The molecule has 2 heterocycles. The van der Waals surface area contributed by atoms with E-state index >= 15 is 0 Å². The highest BCUT2D eigenvalue weighted by Crippen LogP contribution is 2.46. The molecule has 7 heteroatoms. The number of rotatable bonds is 5. The number of aromatic amines is 1. The predicted octanol–water partition coefficient (Wildman–Crippen LogP) is 3.97. The number of nitrogens with one attached hydrogen (secondary N) is 2. The molecule has 4 N–H and O–H groups in total. The molecule has 190 valence electrons. The highest BCUT2D eigenvalue weighted by Gasteiger charge is 2.46. The fourth-order valence-electron chi connectivity index (χ4n) is 6.03. The van der Waals surface area contributed by atoms with Crippen LogP contribution in [0.2, 0.25) is 0 Å². The van der Waals surface area contributed by atoms with Gasteiger partial charge in [0.1, 0.15) is 11.4 Å². The lowest BCUT2D eigenvalue weighted by molar-refractivity contribution is -0.143. The summed E-state index contributed by atoms with van der Waals surface area (Å²) in [6.07, 6.45) is 6.02. The van der Waals surface area contributed by atoms with E-state index in [1.165, 1.54) is 23.3 Å². The molecule has 1 saturated heterocycles. The number of amides is 2. The second-order valence-electron chi connectivity index (χ2n) is 11.4. The molecule has 2 amide bonds. The molecule has 36 heavy (non-hydrogen) atoms. The van der Waals surface area contributed by atoms with Gasteiger partial charge in [0.15, 0.2) is 0 Å². The molecule has 1 aliphatic carbocycles. The number of hydrogen-bond donors (Lipinski definition) is 3. The number of halogens is 1. The minimum absolute atomic E-state index is 0.126. The first-order chi connectivity index (χ1) is 17.0. The summed E-state index contributed by atoms with van der Waals surface area (Å²) < 4.78 is 14.0. The Morgan fingerprint density at radius 3 is 2.56 bits per heavy atom. The molecule has 6 nitrogen and oxygen atoms in total. The number of piperidine rings is 1. The Morgan fingerprint density at radius 1 is 1.11 bits per heavy atom. The second-order valence-corrected chi connectivity index (χ2v) is 11.4.